The van der Waals surface area contributed by atoms with Crippen molar-refractivity contribution in [2.45, 2.75) is 18.0 Å². The number of aromatic nitrogens is 2. The minimum Gasteiger partial charge on any atom is -0.396 e. The molecule has 21 heavy (non-hydrogen) atoms. The van der Waals surface area contributed by atoms with Gasteiger partial charge in [-0.3, -0.25) is 0 Å². The van der Waals surface area contributed by atoms with Gasteiger partial charge in [0.25, 0.3) is 0 Å². The van der Waals surface area contributed by atoms with Gasteiger partial charge in [0.15, 0.2) is 0 Å². The highest BCUT2D eigenvalue weighted by Gasteiger charge is 2.31. The lowest BCUT2D eigenvalue weighted by molar-refractivity contribution is 0.334. The van der Waals surface area contributed by atoms with Crippen molar-refractivity contribution in [3.8, 4) is 0 Å². The van der Waals surface area contributed by atoms with Gasteiger partial charge in [0.1, 0.15) is 22.4 Å². The highest BCUT2D eigenvalue weighted by atomic mass is 32.2. The second kappa shape index (κ2) is 4.78. The first kappa shape index (κ1) is 14.0. The quantitative estimate of drug-likeness (QED) is 0.837. The molecular weight excluding hydrogens is 302 g/mol. The number of nitrogens with two attached hydrogens (primary N) is 1. The van der Waals surface area contributed by atoms with Crippen LogP contribution in [0.5, 0.6) is 0 Å². The second-order valence-corrected chi connectivity index (χ2v) is 6.59. The minimum absolute atomic E-state index is 0.0338. The van der Waals surface area contributed by atoms with E-state index in [2.05, 4.69) is 4.98 Å². The zero-order valence-electron chi connectivity index (χ0n) is 10.8. The molecule has 0 amide bonds. The standard InChI is InChI=1S/C12H12F2N4O2S/c13-8-5-9(14)11(6-10(8)15)21(19,20)18-4-3-17-2-1-16-12(17)7-18/h1-2,5-6H,3-4,7,15H2. The van der Waals surface area contributed by atoms with E-state index in [1.165, 1.54) is 0 Å². The van der Waals surface area contributed by atoms with E-state index in [0.717, 1.165) is 10.4 Å². The number of hydrogen-bond acceptors (Lipinski definition) is 4. The molecule has 0 atom stereocenters. The summed E-state index contributed by atoms with van der Waals surface area (Å²) in [6.07, 6.45) is 3.32. The van der Waals surface area contributed by atoms with Gasteiger partial charge in [0.05, 0.1) is 12.2 Å². The van der Waals surface area contributed by atoms with Crippen LogP contribution in [0.3, 0.4) is 0 Å². The predicted octanol–water partition coefficient (Wildman–Crippen LogP) is 0.948. The molecule has 112 valence electrons. The van der Waals surface area contributed by atoms with Crippen molar-refractivity contribution in [3.05, 3.63) is 42.0 Å². The molecule has 1 aliphatic rings. The smallest absolute Gasteiger partial charge is 0.246 e. The molecule has 0 unspecified atom stereocenters. The fraction of sp³-hybridized carbons (Fsp3) is 0.250. The van der Waals surface area contributed by atoms with Crippen LogP contribution >= 0.6 is 0 Å². The summed E-state index contributed by atoms with van der Waals surface area (Å²) in [4.78, 5) is 3.42. The molecule has 6 nitrogen and oxygen atoms in total. The van der Waals surface area contributed by atoms with Crippen LogP contribution in [0, 0.1) is 11.6 Å². The Morgan fingerprint density at radius 2 is 1.95 bits per heavy atom. The van der Waals surface area contributed by atoms with Crippen molar-refractivity contribution in [2.75, 3.05) is 12.3 Å². The van der Waals surface area contributed by atoms with Gasteiger partial charge >= 0.3 is 0 Å². The summed E-state index contributed by atoms with van der Waals surface area (Å²) in [7, 11) is -4.09. The van der Waals surface area contributed by atoms with Gasteiger partial charge in [-0.15, -0.1) is 0 Å². The number of fused-ring (bicyclic) bond motifs is 1. The van der Waals surface area contributed by atoms with E-state index in [0.29, 0.717) is 18.4 Å². The third-order valence-corrected chi connectivity index (χ3v) is 5.24. The summed E-state index contributed by atoms with van der Waals surface area (Å²) in [6.45, 7) is 0.640. The zero-order chi connectivity index (χ0) is 15.2. The number of nitrogen functional groups attached to an aromatic ring is 1. The Morgan fingerprint density at radius 3 is 2.71 bits per heavy atom. The summed E-state index contributed by atoms with van der Waals surface area (Å²) in [5, 5.41) is 0. The van der Waals surface area contributed by atoms with Crippen LogP contribution in [-0.2, 0) is 23.1 Å². The van der Waals surface area contributed by atoms with Crippen LogP contribution < -0.4 is 5.73 Å². The summed E-state index contributed by atoms with van der Waals surface area (Å²) < 4.78 is 54.8. The molecule has 3 rings (SSSR count). The molecule has 9 heteroatoms. The number of rotatable bonds is 2. The number of sulfonamides is 1. The van der Waals surface area contributed by atoms with Gasteiger partial charge in [-0.25, -0.2) is 22.2 Å². The van der Waals surface area contributed by atoms with E-state index < -0.39 is 32.2 Å². The molecule has 2 heterocycles. The Labute approximate surface area is 119 Å². The molecule has 0 spiro atoms. The Balaban J connectivity index is 2.00. The third-order valence-electron chi connectivity index (χ3n) is 3.38. The van der Waals surface area contributed by atoms with Gasteiger partial charge in [0.2, 0.25) is 10.0 Å². The van der Waals surface area contributed by atoms with Gasteiger partial charge in [0, 0.05) is 31.5 Å². The number of halogens is 2. The van der Waals surface area contributed by atoms with Crippen LogP contribution in [0.25, 0.3) is 0 Å². The molecule has 0 bridgehead atoms. The zero-order valence-corrected chi connectivity index (χ0v) is 11.6. The fourth-order valence-corrected chi connectivity index (χ4v) is 3.70. The lowest BCUT2D eigenvalue weighted by atomic mass is 10.3. The molecule has 2 N–H and O–H groups in total. The Morgan fingerprint density at radius 1 is 1.19 bits per heavy atom. The second-order valence-electron chi connectivity index (χ2n) is 4.68. The van der Waals surface area contributed by atoms with Crippen molar-refractivity contribution in [2.24, 2.45) is 0 Å². The van der Waals surface area contributed by atoms with Crippen molar-refractivity contribution < 1.29 is 17.2 Å². The average Bonchev–Trinajstić information content (AvgIpc) is 2.90. The van der Waals surface area contributed by atoms with Crippen LogP contribution in [-0.4, -0.2) is 28.8 Å². The molecule has 1 aromatic carbocycles. The molecular formula is C12H12F2N4O2S. The largest absolute Gasteiger partial charge is 0.396 e. The number of nitrogens with zero attached hydrogens (tertiary/aromatic N) is 3. The van der Waals surface area contributed by atoms with Crippen LogP contribution in [0.2, 0.25) is 0 Å². The SMILES string of the molecule is Nc1cc(S(=O)(=O)N2CCn3ccnc3C2)c(F)cc1F. The maximum absolute atomic E-state index is 13.8. The van der Waals surface area contributed by atoms with Crippen LogP contribution in [0.15, 0.2) is 29.4 Å². The number of benzene rings is 1. The van der Waals surface area contributed by atoms with E-state index in [4.69, 9.17) is 5.73 Å². The highest BCUT2D eigenvalue weighted by Crippen LogP contribution is 2.26. The van der Waals surface area contributed by atoms with E-state index in [1.54, 1.807) is 12.4 Å². The van der Waals surface area contributed by atoms with E-state index in [1.807, 2.05) is 4.57 Å². The number of imidazole rings is 1. The van der Waals surface area contributed by atoms with Crippen LogP contribution in [0.1, 0.15) is 5.82 Å². The maximum Gasteiger partial charge on any atom is 0.246 e. The molecule has 1 aromatic heterocycles. The number of hydrogen-bond donors (Lipinski definition) is 1. The van der Waals surface area contributed by atoms with E-state index in [-0.39, 0.29) is 13.1 Å². The maximum atomic E-state index is 13.8. The Hall–Kier alpha value is -2.00. The van der Waals surface area contributed by atoms with E-state index >= 15 is 0 Å². The fourth-order valence-electron chi connectivity index (χ4n) is 2.24. The lowest BCUT2D eigenvalue weighted by Crippen LogP contribution is -2.38. The first-order chi connectivity index (χ1) is 9.89. The molecule has 0 saturated carbocycles. The predicted molar refractivity (Wildman–Crippen MR) is 70.6 cm³/mol. The first-order valence-electron chi connectivity index (χ1n) is 6.14. The van der Waals surface area contributed by atoms with Crippen molar-refractivity contribution in [1.29, 1.82) is 0 Å². The Kier molecular flexibility index (Phi) is 3.18. The van der Waals surface area contributed by atoms with Gasteiger partial charge < -0.3 is 10.3 Å². The molecule has 1 aliphatic heterocycles. The average molecular weight is 314 g/mol. The summed E-state index contributed by atoms with van der Waals surface area (Å²) >= 11 is 0. The molecule has 0 fully saturated rings. The lowest BCUT2D eigenvalue weighted by Gasteiger charge is -2.27. The first-order valence-corrected chi connectivity index (χ1v) is 7.58. The monoisotopic (exact) mass is 314 g/mol. The van der Waals surface area contributed by atoms with Gasteiger partial charge in [-0.1, -0.05) is 0 Å². The topological polar surface area (TPSA) is 81.2 Å². The molecule has 2 aromatic rings. The van der Waals surface area contributed by atoms with Crippen molar-refractivity contribution in [3.63, 3.8) is 0 Å². The molecule has 0 aliphatic carbocycles. The minimum atomic E-state index is -4.09. The molecule has 0 radical (unpaired) electrons. The van der Waals surface area contributed by atoms with Crippen molar-refractivity contribution in [1.82, 2.24) is 13.9 Å². The van der Waals surface area contributed by atoms with E-state index in [9.17, 15) is 17.2 Å². The van der Waals surface area contributed by atoms with Gasteiger partial charge in [-0.2, -0.15) is 4.31 Å². The van der Waals surface area contributed by atoms with Crippen LogP contribution in [0.4, 0.5) is 14.5 Å². The Bertz CT molecular complexity index is 804. The normalized spacial score (nSPS) is 15.9. The summed E-state index contributed by atoms with van der Waals surface area (Å²) in [6, 6.07) is 1.29. The summed E-state index contributed by atoms with van der Waals surface area (Å²) in [5.41, 5.74) is 4.93. The number of anilines is 1. The molecule has 0 saturated heterocycles. The highest BCUT2D eigenvalue weighted by molar-refractivity contribution is 7.89. The van der Waals surface area contributed by atoms with Crippen molar-refractivity contribution >= 4 is 15.7 Å². The third kappa shape index (κ3) is 2.28. The van der Waals surface area contributed by atoms with Gasteiger partial charge in [-0.05, 0) is 6.07 Å². The summed E-state index contributed by atoms with van der Waals surface area (Å²) in [5.74, 6) is -1.57.